The van der Waals surface area contributed by atoms with Gasteiger partial charge in [0.05, 0.1) is 19.9 Å². The molecule has 0 saturated heterocycles. The van der Waals surface area contributed by atoms with Crippen molar-refractivity contribution in [2.45, 2.75) is 13.0 Å². The lowest BCUT2D eigenvalue weighted by molar-refractivity contribution is -0.126. The molecule has 0 aliphatic carbocycles. The number of hydrogen-bond acceptors (Lipinski definition) is 4. The van der Waals surface area contributed by atoms with Gasteiger partial charge in [-0.25, -0.2) is 4.98 Å². The Morgan fingerprint density at radius 2 is 1.71 bits per heavy atom. The van der Waals surface area contributed by atoms with Crippen molar-refractivity contribution in [2.24, 2.45) is 0 Å². The first-order valence-electron chi connectivity index (χ1n) is 10.9. The second kappa shape index (κ2) is 11.3. The Labute approximate surface area is 216 Å². The zero-order valence-electron chi connectivity index (χ0n) is 19.5. The average molecular weight is 512 g/mol. The van der Waals surface area contributed by atoms with Crippen LogP contribution in [0.5, 0.6) is 11.5 Å². The molecule has 1 aliphatic heterocycles. The number of ether oxygens (including phenoxy) is 2. The molecule has 35 heavy (non-hydrogen) atoms. The molecule has 0 unspecified atom stereocenters. The standard InChI is InChI=1S/C27H25N3O3.2ClH/c1-32-23-15-19-12-14-30(17-20(19)16-24(23)33-2)25(31)11-10-21-22-9-6-13-28-27(22)29-26(21)18-7-4-3-5-8-18;;/h3-11,13,15-16H,12,14,17H2,1-2H3,(H,28,29);2*1H. The van der Waals surface area contributed by atoms with Crippen molar-refractivity contribution in [3.05, 3.63) is 83.6 Å². The van der Waals surface area contributed by atoms with Gasteiger partial charge in [-0.15, -0.1) is 24.8 Å². The van der Waals surface area contributed by atoms with Gasteiger partial charge in [0, 0.05) is 36.3 Å². The molecular weight excluding hydrogens is 485 g/mol. The Morgan fingerprint density at radius 3 is 2.43 bits per heavy atom. The van der Waals surface area contributed by atoms with Crippen LogP contribution in [0.25, 0.3) is 28.4 Å². The van der Waals surface area contributed by atoms with Crippen LogP contribution in [0.2, 0.25) is 0 Å². The Hall–Kier alpha value is -3.48. The monoisotopic (exact) mass is 511 g/mol. The molecule has 1 aliphatic rings. The van der Waals surface area contributed by atoms with Crippen LogP contribution in [0.15, 0.2) is 66.9 Å². The number of pyridine rings is 1. The van der Waals surface area contributed by atoms with Crippen molar-refractivity contribution in [1.82, 2.24) is 14.9 Å². The van der Waals surface area contributed by atoms with Crippen LogP contribution in [0, 0.1) is 0 Å². The van der Waals surface area contributed by atoms with Crippen molar-refractivity contribution in [1.29, 1.82) is 0 Å². The minimum Gasteiger partial charge on any atom is -0.493 e. The van der Waals surface area contributed by atoms with Gasteiger partial charge in [-0.05, 0) is 53.5 Å². The van der Waals surface area contributed by atoms with E-state index in [0.29, 0.717) is 18.8 Å². The van der Waals surface area contributed by atoms with Gasteiger partial charge in [-0.2, -0.15) is 0 Å². The van der Waals surface area contributed by atoms with E-state index in [4.69, 9.17) is 9.47 Å². The van der Waals surface area contributed by atoms with E-state index in [0.717, 1.165) is 45.6 Å². The lowest BCUT2D eigenvalue weighted by atomic mass is 9.98. The Balaban J connectivity index is 0.00000171. The fourth-order valence-electron chi connectivity index (χ4n) is 4.38. The summed E-state index contributed by atoms with van der Waals surface area (Å²) in [5, 5.41) is 0.987. The maximum atomic E-state index is 13.1. The zero-order chi connectivity index (χ0) is 22.8. The first kappa shape index (κ1) is 26.1. The number of fused-ring (bicyclic) bond motifs is 2. The number of carbonyl (C=O) groups is 1. The number of rotatable bonds is 5. The molecule has 6 nitrogen and oxygen atoms in total. The first-order valence-corrected chi connectivity index (χ1v) is 10.9. The molecule has 0 fully saturated rings. The predicted octanol–water partition coefficient (Wildman–Crippen LogP) is 5.69. The van der Waals surface area contributed by atoms with E-state index >= 15 is 0 Å². The Kier molecular flexibility index (Phi) is 8.43. The Morgan fingerprint density at radius 1 is 1.00 bits per heavy atom. The third-order valence-corrected chi connectivity index (χ3v) is 6.10. The maximum absolute atomic E-state index is 13.1. The SMILES string of the molecule is COc1cc2c(cc1OC)CN(C(=O)C=Cc1c(-c3ccccc3)[nH]c3ncccc13)CC2.Cl.Cl. The molecule has 2 aromatic heterocycles. The second-order valence-electron chi connectivity index (χ2n) is 8.00. The number of benzene rings is 2. The molecule has 1 amide bonds. The number of aromatic amines is 1. The van der Waals surface area contributed by atoms with Gasteiger partial charge in [0.25, 0.3) is 0 Å². The summed E-state index contributed by atoms with van der Waals surface area (Å²) in [6.45, 7) is 1.20. The number of H-pyrrole nitrogens is 1. The van der Waals surface area contributed by atoms with E-state index < -0.39 is 0 Å². The largest absolute Gasteiger partial charge is 0.493 e. The van der Waals surface area contributed by atoms with E-state index in [1.807, 2.05) is 65.6 Å². The van der Waals surface area contributed by atoms with Crippen LogP contribution in [-0.4, -0.2) is 41.5 Å². The molecule has 0 bridgehead atoms. The quantitative estimate of drug-likeness (QED) is 0.349. The molecule has 0 saturated carbocycles. The first-order chi connectivity index (χ1) is 16.2. The molecule has 1 N–H and O–H groups in total. The number of nitrogens with one attached hydrogen (secondary N) is 1. The molecule has 0 spiro atoms. The summed E-state index contributed by atoms with van der Waals surface area (Å²) in [6.07, 6.45) is 6.10. The fraction of sp³-hybridized carbons (Fsp3) is 0.185. The third-order valence-electron chi connectivity index (χ3n) is 6.10. The summed E-state index contributed by atoms with van der Waals surface area (Å²) in [4.78, 5) is 22.8. The third kappa shape index (κ3) is 5.14. The molecule has 182 valence electrons. The van der Waals surface area contributed by atoms with Gasteiger partial charge < -0.3 is 19.4 Å². The van der Waals surface area contributed by atoms with E-state index in [-0.39, 0.29) is 30.7 Å². The van der Waals surface area contributed by atoms with Crippen LogP contribution in [-0.2, 0) is 17.8 Å². The van der Waals surface area contributed by atoms with Crippen LogP contribution < -0.4 is 9.47 Å². The van der Waals surface area contributed by atoms with Crippen molar-refractivity contribution in [3.63, 3.8) is 0 Å². The van der Waals surface area contributed by atoms with Crippen LogP contribution in [0.1, 0.15) is 16.7 Å². The minimum atomic E-state index is -0.0207. The molecule has 4 aromatic rings. The molecule has 8 heteroatoms. The van der Waals surface area contributed by atoms with Gasteiger partial charge in [0.2, 0.25) is 5.91 Å². The van der Waals surface area contributed by atoms with Crippen LogP contribution in [0.4, 0.5) is 0 Å². The molecule has 5 rings (SSSR count). The summed E-state index contributed by atoms with van der Waals surface area (Å²) in [5.74, 6) is 1.38. The number of nitrogens with zero attached hydrogens (tertiary/aromatic N) is 2. The number of aromatic nitrogens is 2. The van der Waals surface area contributed by atoms with Crippen molar-refractivity contribution >= 4 is 47.8 Å². The fourth-order valence-corrected chi connectivity index (χ4v) is 4.38. The highest BCUT2D eigenvalue weighted by atomic mass is 35.5. The van der Waals surface area contributed by atoms with Gasteiger partial charge in [0.15, 0.2) is 11.5 Å². The van der Waals surface area contributed by atoms with Gasteiger partial charge >= 0.3 is 0 Å². The molecule has 2 aromatic carbocycles. The number of methoxy groups -OCH3 is 2. The van der Waals surface area contributed by atoms with Crippen molar-refractivity contribution in [3.8, 4) is 22.8 Å². The van der Waals surface area contributed by atoms with Crippen molar-refractivity contribution in [2.75, 3.05) is 20.8 Å². The summed E-state index contributed by atoms with van der Waals surface area (Å²) in [7, 11) is 3.26. The number of halogens is 2. The van der Waals surface area contributed by atoms with Gasteiger partial charge in [0.1, 0.15) is 5.65 Å². The topological polar surface area (TPSA) is 67.5 Å². The highest BCUT2D eigenvalue weighted by Gasteiger charge is 2.22. The highest BCUT2D eigenvalue weighted by Crippen LogP contribution is 2.34. The Bertz CT molecular complexity index is 1350. The molecule has 0 atom stereocenters. The normalized spacial score (nSPS) is 12.6. The van der Waals surface area contributed by atoms with Gasteiger partial charge in [-0.3, -0.25) is 4.79 Å². The van der Waals surface area contributed by atoms with Crippen molar-refractivity contribution < 1.29 is 14.3 Å². The summed E-state index contributed by atoms with van der Waals surface area (Å²) >= 11 is 0. The molecule has 0 radical (unpaired) electrons. The number of amides is 1. The molecule has 3 heterocycles. The number of carbonyl (C=O) groups excluding carboxylic acids is 1. The lowest BCUT2D eigenvalue weighted by Gasteiger charge is -2.28. The predicted molar refractivity (Wildman–Crippen MR) is 144 cm³/mol. The lowest BCUT2D eigenvalue weighted by Crippen LogP contribution is -2.34. The maximum Gasteiger partial charge on any atom is 0.246 e. The van der Waals surface area contributed by atoms with Crippen LogP contribution in [0.3, 0.4) is 0 Å². The summed E-state index contributed by atoms with van der Waals surface area (Å²) in [6, 6.07) is 18.0. The smallest absolute Gasteiger partial charge is 0.246 e. The second-order valence-corrected chi connectivity index (χ2v) is 8.00. The average Bonchev–Trinajstić information content (AvgIpc) is 3.25. The van der Waals surface area contributed by atoms with E-state index in [2.05, 4.69) is 9.97 Å². The minimum absolute atomic E-state index is 0. The molecular formula is C27H27Cl2N3O3. The van der Waals surface area contributed by atoms with E-state index in [9.17, 15) is 4.79 Å². The van der Waals surface area contributed by atoms with E-state index in [1.54, 1.807) is 26.5 Å². The number of hydrogen-bond donors (Lipinski definition) is 1. The summed E-state index contributed by atoms with van der Waals surface area (Å²) in [5.41, 5.74) is 6.04. The summed E-state index contributed by atoms with van der Waals surface area (Å²) < 4.78 is 10.9. The zero-order valence-corrected chi connectivity index (χ0v) is 21.1. The highest BCUT2D eigenvalue weighted by molar-refractivity contribution is 5.99. The van der Waals surface area contributed by atoms with Crippen LogP contribution >= 0.6 is 24.8 Å². The van der Waals surface area contributed by atoms with Gasteiger partial charge in [-0.1, -0.05) is 30.3 Å². The van der Waals surface area contributed by atoms with E-state index in [1.165, 1.54) is 5.56 Å².